The second-order valence-electron chi connectivity index (χ2n) is 3.80. The Hall–Kier alpha value is -1.60. The molecule has 0 saturated carbocycles. The van der Waals surface area contributed by atoms with Crippen LogP contribution in [0.4, 0.5) is 16.0 Å². The molecule has 1 heterocycles. The van der Waals surface area contributed by atoms with Gasteiger partial charge in [-0.3, -0.25) is 0 Å². The first-order valence-corrected chi connectivity index (χ1v) is 6.54. The van der Waals surface area contributed by atoms with Crippen molar-refractivity contribution in [3.05, 3.63) is 45.9 Å². The van der Waals surface area contributed by atoms with Gasteiger partial charge in [0.05, 0.1) is 5.69 Å². The van der Waals surface area contributed by atoms with E-state index in [0.717, 1.165) is 0 Å². The smallest absolute Gasteiger partial charge is 0.228 e. The van der Waals surface area contributed by atoms with Gasteiger partial charge < -0.3 is 11.1 Å². The number of benzene rings is 1. The first kappa shape index (κ1) is 13.8. The Bertz CT molecular complexity index is 627. The summed E-state index contributed by atoms with van der Waals surface area (Å²) in [6, 6.07) is 6.33. The molecule has 1 aromatic carbocycles. The average Bonchev–Trinajstić information content (AvgIpc) is 2.33. The highest BCUT2D eigenvalue weighted by molar-refractivity contribution is 9.10. The van der Waals surface area contributed by atoms with Crippen LogP contribution >= 0.6 is 28.1 Å². The predicted molar refractivity (Wildman–Crippen MR) is 80.0 cm³/mol. The van der Waals surface area contributed by atoms with Crippen LogP contribution in [0.5, 0.6) is 0 Å². The molecule has 2 aromatic rings. The van der Waals surface area contributed by atoms with E-state index in [1.807, 2.05) is 0 Å². The molecule has 2 rings (SSSR count). The molecule has 4 nitrogen and oxygen atoms in total. The number of hydrogen-bond donors (Lipinski definition) is 2. The molecule has 1 aromatic heterocycles. The summed E-state index contributed by atoms with van der Waals surface area (Å²) in [4.78, 5) is 8.47. The van der Waals surface area contributed by atoms with E-state index in [9.17, 15) is 4.39 Å². The van der Waals surface area contributed by atoms with E-state index in [1.165, 1.54) is 6.07 Å². The van der Waals surface area contributed by atoms with Gasteiger partial charge in [-0.2, -0.15) is 0 Å². The summed E-state index contributed by atoms with van der Waals surface area (Å²) in [7, 11) is 0. The molecule has 19 heavy (non-hydrogen) atoms. The molecule has 0 aliphatic rings. The van der Waals surface area contributed by atoms with Gasteiger partial charge in [0.2, 0.25) is 5.95 Å². The predicted octanol–water partition coefficient (Wildman–Crippen LogP) is 3.06. The minimum absolute atomic E-state index is 0.168. The third kappa shape index (κ3) is 3.24. The molecule has 0 aliphatic carbocycles. The van der Waals surface area contributed by atoms with Gasteiger partial charge in [-0.1, -0.05) is 18.3 Å². The molecule has 0 atom stereocenters. The van der Waals surface area contributed by atoms with Gasteiger partial charge in [-0.05, 0) is 41.1 Å². The molecule has 98 valence electrons. The number of hydrogen-bond acceptors (Lipinski definition) is 4. The van der Waals surface area contributed by atoms with Crippen molar-refractivity contribution < 1.29 is 4.39 Å². The minimum Gasteiger partial charge on any atom is -0.388 e. The van der Waals surface area contributed by atoms with Crippen molar-refractivity contribution in [3.8, 4) is 0 Å². The van der Waals surface area contributed by atoms with Crippen molar-refractivity contribution in [2.75, 3.05) is 5.32 Å². The van der Waals surface area contributed by atoms with E-state index in [4.69, 9.17) is 18.0 Å². The Morgan fingerprint density at radius 2 is 2.16 bits per heavy atom. The maximum Gasteiger partial charge on any atom is 0.228 e. The van der Waals surface area contributed by atoms with Gasteiger partial charge in [-0.25, -0.2) is 14.4 Å². The lowest BCUT2D eigenvalue weighted by Crippen LogP contribution is -2.14. The topological polar surface area (TPSA) is 63.8 Å². The fraction of sp³-hybridized carbons (Fsp3) is 0.0833. The fourth-order valence-electron chi connectivity index (χ4n) is 1.48. The van der Waals surface area contributed by atoms with Gasteiger partial charge in [0.15, 0.2) is 0 Å². The molecule has 7 heteroatoms. The highest BCUT2D eigenvalue weighted by Crippen LogP contribution is 2.27. The molecule has 0 saturated heterocycles. The third-order valence-electron chi connectivity index (χ3n) is 2.31. The minimum atomic E-state index is -0.406. The lowest BCUT2D eigenvalue weighted by atomic mass is 10.3. The van der Waals surface area contributed by atoms with E-state index in [2.05, 4.69) is 31.2 Å². The van der Waals surface area contributed by atoms with E-state index in [0.29, 0.717) is 15.9 Å². The molecule has 0 fully saturated rings. The van der Waals surface area contributed by atoms with E-state index in [-0.39, 0.29) is 16.6 Å². The monoisotopic (exact) mass is 340 g/mol. The fourth-order valence-corrected chi connectivity index (χ4v) is 2.03. The average molecular weight is 341 g/mol. The number of nitrogens with zero attached hydrogens (tertiary/aromatic N) is 2. The first-order valence-electron chi connectivity index (χ1n) is 5.34. The molecule has 0 aliphatic heterocycles. The van der Waals surface area contributed by atoms with Crippen LogP contribution in [0.15, 0.2) is 28.7 Å². The Labute approximate surface area is 123 Å². The molecular weight excluding hydrogens is 331 g/mol. The molecule has 0 amide bonds. The summed E-state index contributed by atoms with van der Waals surface area (Å²) in [5.74, 6) is -0.162. The van der Waals surface area contributed by atoms with Crippen molar-refractivity contribution in [2.24, 2.45) is 5.73 Å². The quantitative estimate of drug-likeness (QED) is 0.840. The second-order valence-corrected chi connectivity index (χ2v) is 5.10. The largest absolute Gasteiger partial charge is 0.388 e. The van der Waals surface area contributed by atoms with Gasteiger partial charge in [-0.15, -0.1) is 0 Å². The van der Waals surface area contributed by atoms with Crippen LogP contribution in [0.2, 0.25) is 0 Å². The number of aromatic nitrogens is 2. The Kier molecular flexibility index (Phi) is 4.06. The highest BCUT2D eigenvalue weighted by atomic mass is 79.9. The van der Waals surface area contributed by atoms with Crippen LogP contribution in [0.1, 0.15) is 11.4 Å². The van der Waals surface area contributed by atoms with Crippen LogP contribution in [0, 0.1) is 12.7 Å². The van der Waals surface area contributed by atoms with Crippen molar-refractivity contribution in [2.45, 2.75) is 6.92 Å². The number of thiocarbonyl (C=S) groups is 1. The molecule has 0 radical (unpaired) electrons. The van der Waals surface area contributed by atoms with Crippen molar-refractivity contribution in [3.63, 3.8) is 0 Å². The van der Waals surface area contributed by atoms with Crippen LogP contribution < -0.4 is 11.1 Å². The maximum atomic E-state index is 13.7. The van der Waals surface area contributed by atoms with E-state index in [1.54, 1.807) is 25.1 Å². The van der Waals surface area contributed by atoms with Crippen LogP contribution in [-0.4, -0.2) is 15.0 Å². The molecule has 0 unspecified atom stereocenters. The standard InChI is InChI=1S/C12H10BrFN4S/c1-6-5-9(11(15)19)17-12(16-6)18-10-7(13)3-2-4-8(10)14/h2-5H,1H3,(H2,15,19)(H,16,17,18). The van der Waals surface area contributed by atoms with Crippen molar-refractivity contribution in [1.29, 1.82) is 0 Å². The number of halogens is 2. The number of nitrogens with one attached hydrogen (secondary N) is 1. The number of nitrogens with two attached hydrogens (primary N) is 1. The Morgan fingerprint density at radius 1 is 1.42 bits per heavy atom. The number of rotatable bonds is 3. The Balaban J connectivity index is 2.41. The van der Waals surface area contributed by atoms with E-state index >= 15 is 0 Å². The van der Waals surface area contributed by atoms with Gasteiger partial charge in [0.25, 0.3) is 0 Å². The number of anilines is 2. The number of para-hydroxylation sites is 1. The summed E-state index contributed by atoms with van der Waals surface area (Å²) >= 11 is 8.14. The Morgan fingerprint density at radius 3 is 2.79 bits per heavy atom. The molecule has 3 N–H and O–H groups in total. The molecule has 0 bridgehead atoms. The molecule has 0 spiro atoms. The molecular formula is C12H10BrFN4S. The summed E-state index contributed by atoms with van der Waals surface area (Å²) < 4.78 is 14.3. The van der Waals surface area contributed by atoms with Gasteiger partial charge in [0, 0.05) is 10.2 Å². The normalized spacial score (nSPS) is 10.3. The van der Waals surface area contributed by atoms with Crippen LogP contribution in [0.3, 0.4) is 0 Å². The summed E-state index contributed by atoms with van der Waals surface area (Å²) in [5.41, 5.74) is 6.93. The zero-order chi connectivity index (χ0) is 14.0. The van der Waals surface area contributed by atoms with Crippen molar-refractivity contribution >= 4 is 44.8 Å². The first-order chi connectivity index (χ1) is 8.97. The lowest BCUT2D eigenvalue weighted by Gasteiger charge is -2.09. The van der Waals surface area contributed by atoms with Gasteiger partial charge >= 0.3 is 0 Å². The van der Waals surface area contributed by atoms with Gasteiger partial charge in [0.1, 0.15) is 16.5 Å². The SMILES string of the molecule is Cc1cc(C(N)=S)nc(Nc2c(F)cccc2Br)n1. The lowest BCUT2D eigenvalue weighted by molar-refractivity contribution is 0.631. The maximum absolute atomic E-state index is 13.7. The second kappa shape index (κ2) is 5.58. The van der Waals surface area contributed by atoms with Crippen molar-refractivity contribution in [1.82, 2.24) is 9.97 Å². The third-order valence-corrected chi connectivity index (χ3v) is 3.18. The zero-order valence-corrected chi connectivity index (χ0v) is 12.3. The summed E-state index contributed by atoms with van der Waals surface area (Å²) in [6.45, 7) is 1.78. The van der Waals surface area contributed by atoms with Crippen LogP contribution in [-0.2, 0) is 0 Å². The van der Waals surface area contributed by atoms with Crippen LogP contribution in [0.25, 0.3) is 0 Å². The zero-order valence-electron chi connectivity index (χ0n) is 9.95. The highest BCUT2D eigenvalue weighted by Gasteiger charge is 2.10. The summed E-state index contributed by atoms with van der Waals surface area (Å²) in [6.07, 6.45) is 0. The van der Waals surface area contributed by atoms with E-state index < -0.39 is 5.82 Å². The summed E-state index contributed by atoms with van der Waals surface area (Å²) in [5, 5.41) is 2.82. The number of aryl methyl sites for hydroxylation is 1.